The number of hydrogen-bond acceptors (Lipinski definition) is 3. The Morgan fingerprint density at radius 3 is 2.38 bits per heavy atom. The SMILES string of the molecule is O=S(=O)(Nc1cnn(Cc2ccccc2Cl)c1)c1cc(Cl)c(Cl)cc1Cl. The molecular formula is C16H11Cl4N3O2S. The number of benzene rings is 2. The molecule has 0 fully saturated rings. The van der Waals surface area contributed by atoms with Gasteiger partial charge in [0.05, 0.1) is 33.5 Å². The third-order valence-corrected chi connectivity index (χ3v) is 6.38. The van der Waals surface area contributed by atoms with Gasteiger partial charge in [0, 0.05) is 11.2 Å². The van der Waals surface area contributed by atoms with E-state index in [2.05, 4.69) is 9.82 Å². The van der Waals surface area contributed by atoms with Crippen LogP contribution in [0.5, 0.6) is 0 Å². The first-order valence-electron chi connectivity index (χ1n) is 7.19. The molecule has 3 rings (SSSR count). The summed E-state index contributed by atoms with van der Waals surface area (Å²) in [5.41, 5.74) is 1.14. The van der Waals surface area contributed by atoms with Gasteiger partial charge in [-0.25, -0.2) is 8.42 Å². The Morgan fingerprint density at radius 1 is 0.962 bits per heavy atom. The highest BCUT2D eigenvalue weighted by molar-refractivity contribution is 7.92. The molecule has 0 unspecified atom stereocenters. The van der Waals surface area contributed by atoms with Gasteiger partial charge in [-0.15, -0.1) is 0 Å². The average molecular weight is 451 g/mol. The molecule has 136 valence electrons. The smallest absolute Gasteiger partial charge is 0.263 e. The average Bonchev–Trinajstić information content (AvgIpc) is 2.99. The zero-order valence-electron chi connectivity index (χ0n) is 13.0. The van der Waals surface area contributed by atoms with Gasteiger partial charge in [0.1, 0.15) is 4.90 Å². The first-order valence-corrected chi connectivity index (χ1v) is 10.2. The first-order chi connectivity index (χ1) is 12.3. The van der Waals surface area contributed by atoms with Crippen LogP contribution in [-0.2, 0) is 16.6 Å². The molecule has 1 N–H and O–H groups in total. The Morgan fingerprint density at radius 2 is 1.65 bits per heavy atom. The minimum atomic E-state index is -3.96. The van der Waals surface area contributed by atoms with Crippen molar-refractivity contribution < 1.29 is 8.42 Å². The fourth-order valence-corrected chi connectivity index (χ4v) is 4.45. The Balaban J connectivity index is 1.82. The molecule has 10 heteroatoms. The van der Waals surface area contributed by atoms with E-state index in [0.29, 0.717) is 11.6 Å². The number of hydrogen-bond donors (Lipinski definition) is 1. The van der Waals surface area contributed by atoms with E-state index < -0.39 is 10.0 Å². The summed E-state index contributed by atoms with van der Waals surface area (Å²) in [6, 6.07) is 9.80. The molecule has 0 bridgehead atoms. The molecule has 3 aromatic rings. The predicted molar refractivity (Wildman–Crippen MR) is 105 cm³/mol. The lowest BCUT2D eigenvalue weighted by Crippen LogP contribution is -2.13. The minimum Gasteiger partial charge on any atom is -0.276 e. The monoisotopic (exact) mass is 449 g/mol. The maximum absolute atomic E-state index is 12.6. The third-order valence-electron chi connectivity index (χ3n) is 3.44. The molecule has 0 aliphatic rings. The van der Waals surface area contributed by atoms with Crippen LogP contribution in [0.2, 0.25) is 20.1 Å². The Kier molecular flexibility index (Phi) is 5.69. The largest absolute Gasteiger partial charge is 0.276 e. The highest BCUT2D eigenvalue weighted by Crippen LogP contribution is 2.32. The van der Waals surface area contributed by atoms with Gasteiger partial charge in [0.2, 0.25) is 0 Å². The minimum absolute atomic E-state index is 0.0321. The lowest BCUT2D eigenvalue weighted by molar-refractivity contribution is 0.601. The quantitative estimate of drug-likeness (QED) is 0.533. The number of rotatable bonds is 5. The van der Waals surface area contributed by atoms with E-state index in [1.165, 1.54) is 18.3 Å². The van der Waals surface area contributed by atoms with Crippen molar-refractivity contribution in [3.8, 4) is 0 Å². The highest BCUT2D eigenvalue weighted by atomic mass is 35.5. The third kappa shape index (κ3) is 4.27. The number of nitrogens with zero attached hydrogens (tertiary/aromatic N) is 2. The summed E-state index contributed by atoms with van der Waals surface area (Å²) in [6.07, 6.45) is 2.94. The summed E-state index contributed by atoms with van der Waals surface area (Å²) >= 11 is 23.8. The number of aromatic nitrogens is 2. The maximum Gasteiger partial charge on any atom is 0.263 e. The molecule has 1 heterocycles. The van der Waals surface area contributed by atoms with E-state index >= 15 is 0 Å². The van der Waals surface area contributed by atoms with E-state index in [-0.39, 0.29) is 25.7 Å². The molecule has 0 amide bonds. The molecule has 0 spiro atoms. The predicted octanol–water partition coefficient (Wildman–Crippen LogP) is 5.35. The normalized spacial score (nSPS) is 11.5. The zero-order valence-corrected chi connectivity index (χ0v) is 16.8. The highest BCUT2D eigenvalue weighted by Gasteiger charge is 2.21. The molecular weight excluding hydrogens is 440 g/mol. The van der Waals surface area contributed by atoms with E-state index in [4.69, 9.17) is 46.4 Å². The molecule has 0 saturated heterocycles. The summed E-state index contributed by atoms with van der Waals surface area (Å²) in [5.74, 6) is 0. The molecule has 5 nitrogen and oxygen atoms in total. The van der Waals surface area contributed by atoms with Crippen molar-refractivity contribution in [2.75, 3.05) is 4.72 Å². The van der Waals surface area contributed by atoms with Crippen LogP contribution >= 0.6 is 46.4 Å². The summed E-state index contributed by atoms with van der Waals surface area (Å²) in [4.78, 5) is -0.174. The van der Waals surface area contributed by atoms with Crippen molar-refractivity contribution in [1.29, 1.82) is 0 Å². The van der Waals surface area contributed by atoms with Crippen LogP contribution in [0.1, 0.15) is 5.56 Å². The number of nitrogens with one attached hydrogen (secondary N) is 1. The zero-order chi connectivity index (χ0) is 18.9. The second-order valence-corrected chi connectivity index (χ2v) is 8.60. The van der Waals surface area contributed by atoms with Crippen LogP contribution < -0.4 is 4.72 Å². The fraction of sp³-hybridized carbons (Fsp3) is 0.0625. The van der Waals surface area contributed by atoms with E-state index in [0.717, 1.165) is 5.56 Å². The molecule has 0 aliphatic carbocycles. The summed E-state index contributed by atoms with van der Waals surface area (Å²) in [5, 5.41) is 4.97. The maximum atomic E-state index is 12.6. The van der Waals surface area contributed by atoms with E-state index in [9.17, 15) is 8.42 Å². The van der Waals surface area contributed by atoms with Gasteiger partial charge in [-0.2, -0.15) is 5.10 Å². The van der Waals surface area contributed by atoms with Crippen LogP contribution in [0, 0.1) is 0 Å². The van der Waals surface area contributed by atoms with Gasteiger partial charge in [-0.1, -0.05) is 64.6 Å². The Hall–Kier alpha value is -1.44. The van der Waals surface area contributed by atoms with Gasteiger partial charge < -0.3 is 0 Å². The van der Waals surface area contributed by atoms with Crippen LogP contribution in [-0.4, -0.2) is 18.2 Å². The van der Waals surface area contributed by atoms with Gasteiger partial charge in [0.25, 0.3) is 10.0 Å². The van der Waals surface area contributed by atoms with Crippen LogP contribution in [0.3, 0.4) is 0 Å². The molecule has 0 aliphatic heterocycles. The molecule has 0 radical (unpaired) electrons. The van der Waals surface area contributed by atoms with Crippen molar-refractivity contribution in [2.24, 2.45) is 0 Å². The van der Waals surface area contributed by atoms with Crippen molar-refractivity contribution in [3.05, 3.63) is 74.4 Å². The van der Waals surface area contributed by atoms with Crippen molar-refractivity contribution in [2.45, 2.75) is 11.4 Å². The van der Waals surface area contributed by atoms with Crippen LogP contribution in [0.4, 0.5) is 5.69 Å². The van der Waals surface area contributed by atoms with E-state index in [1.807, 2.05) is 18.2 Å². The number of halogens is 4. The fourth-order valence-electron chi connectivity index (χ4n) is 2.22. The molecule has 0 saturated carbocycles. The standard InChI is InChI=1S/C16H11Cl4N3O2S/c17-12-4-2-1-3-10(12)8-23-9-11(7-21-23)22-26(24,25)16-6-14(19)13(18)5-15(16)20/h1-7,9,22H,8H2. The lowest BCUT2D eigenvalue weighted by Gasteiger charge is -2.09. The lowest BCUT2D eigenvalue weighted by atomic mass is 10.2. The van der Waals surface area contributed by atoms with Crippen molar-refractivity contribution in [3.63, 3.8) is 0 Å². The molecule has 0 atom stereocenters. The summed E-state index contributed by atoms with van der Waals surface area (Å²) in [7, 11) is -3.96. The van der Waals surface area contributed by atoms with Crippen LogP contribution in [0.25, 0.3) is 0 Å². The second-order valence-electron chi connectivity index (χ2n) is 5.32. The summed E-state index contributed by atoms with van der Waals surface area (Å²) in [6.45, 7) is 0.398. The molecule has 1 aromatic heterocycles. The first kappa shape index (κ1) is 19.3. The van der Waals surface area contributed by atoms with Gasteiger partial charge in [-0.05, 0) is 23.8 Å². The van der Waals surface area contributed by atoms with Gasteiger partial charge in [-0.3, -0.25) is 9.40 Å². The van der Waals surface area contributed by atoms with Crippen LogP contribution in [0.15, 0.2) is 53.7 Å². The Labute approximate surface area is 170 Å². The molecule has 2 aromatic carbocycles. The second kappa shape index (κ2) is 7.66. The van der Waals surface area contributed by atoms with Crippen molar-refractivity contribution >= 4 is 62.1 Å². The number of anilines is 1. The molecule has 26 heavy (non-hydrogen) atoms. The van der Waals surface area contributed by atoms with E-state index in [1.54, 1.807) is 16.9 Å². The van der Waals surface area contributed by atoms with Gasteiger partial charge >= 0.3 is 0 Å². The van der Waals surface area contributed by atoms with Crippen molar-refractivity contribution in [1.82, 2.24) is 9.78 Å². The van der Waals surface area contributed by atoms with Gasteiger partial charge in [0.15, 0.2) is 0 Å². The topological polar surface area (TPSA) is 64.0 Å². The number of sulfonamides is 1. The Bertz CT molecular complexity index is 1070. The summed E-state index contributed by atoms with van der Waals surface area (Å²) < 4.78 is 29.1.